The Labute approximate surface area is 122 Å². The number of thioether (sulfide) groups is 1. The standard InChI is InChI=1S/C15H17N3OS/c1-20-15-16-7-8-18(15)13-4-2-3-12(9-13)14(19)17-10-11-5-6-11/h2-4,7-9,11H,5-6,10H2,1H3,(H,17,19). The Balaban J connectivity index is 1.79. The maximum absolute atomic E-state index is 12.1. The van der Waals surface area contributed by atoms with Gasteiger partial charge in [-0.2, -0.15) is 0 Å². The van der Waals surface area contributed by atoms with Gasteiger partial charge in [-0.15, -0.1) is 0 Å². The van der Waals surface area contributed by atoms with Gasteiger partial charge < -0.3 is 5.32 Å². The predicted molar refractivity (Wildman–Crippen MR) is 80.4 cm³/mol. The zero-order chi connectivity index (χ0) is 13.9. The summed E-state index contributed by atoms with van der Waals surface area (Å²) in [5.74, 6) is 0.698. The van der Waals surface area contributed by atoms with Crippen LogP contribution in [0.1, 0.15) is 23.2 Å². The number of amides is 1. The van der Waals surface area contributed by atoms with Gasteiger partial charge in [0.25, 0.3) is 5.91 Å². The summed E-state index contributed by atoms with van der Waals surface area (Å²) in [6, 6.07) is 7.65. The number of rotatable bonds is 5. The summed E-state index contributed by atoms with van der Waals surface area (Å²) in [4.78, 5) is 16.4. The monoisotopic (exact) mass is 287 g/mol. The van der Waals surface area contributed by atoms with Gasteiger partial charge in [-0.25, -0.2) is 4.98 Å². The fourth-order valence-electron chi connectivity index (χ4n) is 2.10. The SMILES string of the molecule is CSc1nccn1-c1cccc(C(=O)NCC2CC2)c1. The van der Waals surface area contributed by atoms with Crippen molar-refractivity contribution in [2.45, 2.75) is 18.0 Å². The molecule has 1 saturated carbocycles. The van der Waals surface area contributed by atoms with E-state index in [1.54, 1.807) is 18.0 Å². The van der Waals surface area contributed by atoms with Crippen LogP contribution in [-0.2, 0) is 0 Å². The highest BCUT2D eigenvalue weighted by Gasteiger charge is 2.21. The molecule has 1 N–H and O–H groups in total. The minimum atomic E-state index is 0.00423. The molecule has 1 aliphatic rings. The predicted octanol–water partition coefficient (Wildman–Crippen LogP) is 2.73. The number of nitrogens with zero attached hydrogens (tertiary/aromatic N) is 2. The third-order valence-corrected chi connectivity index (χ3v) is 4.09. The normalized spacial score (nSPS) is 14.2. The van der Waals surface area contributed by atoms with Crippen molar-refractivity contribution in [3.05, 3.63) is 42.2 Å². The van der Waals surface area contributed by atoms with Crippen LogP contribution in [0.2, 0.25) is 0 Å². The zero-order valence-corrected chi connectivity index (χ0v) is 12.2. The summed E-state index contributed by atoms with van der Waals surface area (Å²) in [6.45, 7) is 0.796. The molecule has 104 valence electrons. The van der Waals surface area contributed by atoms with Gasteiger partial charge in [0.15, 0.2) is 5.16 Å². The number of benzene rings is 1. The summed E-state index contributed by atoms with van der Waals surface area (Å²) in [7, 11) is 0. The fraction of sp³-hybridized carbons (Fsp3) is 0.333. The molecule has 0 radical (unpaired) electrons. The molecular formula is C15H17N3OS. The first-order chi connectivity index (χ1) is 9.78. The molecule has 0 bridgehead atoms. The van der Waals surface area contributed by atoms with Gasteiger partial charge in [-0.05, 0) is 43.2 Å². The molecule has 0 saturated heterocycles. The summed E-state index contributed by atoms with van der Waals surface area (Å²) >= 11 is 1.58. The van der Waals surface area contributed by atoms with Crippen LogP contribution in [-0.4, -0.2) is 28.3 Å². The van der Waals surface area contributed by atoms with Crippen LogP contribution in [0.4, 0.5) is 0 Å². The van der Waals surface area contributed by atoms with Gasteiger partial charge in [0, 0.05) is 30.2 Å². The summed E-state index contributed by atoms with van der Waals surface area (Å²) in [5, 5.41) is 3.91. The van der Waals surface area contributed by atoms with E-state index in [1.165, 1.54) is 12.8 Å². The molecule has 1 aromatic carbocycles. The van der Waals surface area contributed by atoms with Crippen molar-refractivity contribution in [2.75, 3.05) is 12.8 Å². The number of hydrogen-bond acceptors (Lipinski definition) is 3. The van der Waals surface area contributed by atoms with Crippen molar-refractivity contribution in [2.24, 2.45) is 5.92 Å². The number of nitrogens with one attached hydrogen (secondary N) is 1. The van der Waals surface area contributed by atoms with Crippen LogP contribution >= 0.6 is 11.8 Å². The molecule has 0 aliphatic heterocycles. The third kappa shape index (κ3) is 2.88. The Morgan fingerprint density at radius 2 is 2.35 bits per heavy atom. The van der Waals surface area contributed by atoms with E-state index in [2.05, 4.69) is 10.3 Å². The van der Waals surface area contributed by atoms with Crippen LogP contribution in [0, 0.1) is 5.92 Å². The number of aromatic nitrogens is 2. The van der Waals surface area contributed by atoms with Gasteiger partial charge in [-0.1, -0.05) is 17.8 Å². The van der Waals surface area contributed by atoms with E-state index in [0.717, 1.165) is 17.4 Å². The van der Waals surface area contributed by atoms with Gasteiger partial charge in [0.2, 0.25) is 0 Å². The molecule has 1 heterocycles. The lowest BCUT2D eigenvalue weighted by Gasteiger charge is -2.09. The highest BCUT2D eigenvalue weighted by Crippen LogP contribution is 2.27. The summed E-state index contributed by atoms with van der Waals surface area (Å²) in [6.07, 6.45) is 8.16. The van der Waals surface area contributed by atoms with Crippen molar-refractivity contribution in [3.63, 3.8) is 0 Å². The second kappa shape index (κ2) is 5.71. The second-order valence-corrected chi connectivity index (χ2v) is 5.76. The van der Waals surface area contributed by atoms with Crippen molar-refractivity contribution in [3.8, 4) is 5.69 Å². The van der Waals surface area contributed by atoms with Gasteiger partial charge >= 0.3 is 0 Å². The highest BCUT2D eigenvalue weighted by atomic mass is 32.2. The van der Waals surface area contributed by atoms with Crippen molar-refractivity contribution < 1.29 is 4.79 Å². The van der Waals surface area contributed by atoms with E-state index in [9.17, 15) is 4.79 Å². The topological polar surface area (TPSA) is 46.9 Å². The molecule has 2 aromatic rings. The molecule has 0 unspecified atom stereocenters. The minimum absolute atomic E-state index is 0.00423. The van der Waals surface area contributed by atoms with Crippen molar-refractivity contribution in [1.29, 1.82) is 0 Å². The van der Waals surface area contributed by atoms with E-state index < -0.39 is 0 Å². The van der Waals surface area contributed by atoms with E-state index in [1.807, 2.05) is 41.3 Å². The lowest BCUT2D eigenvalue weighted by Crippen LogP contribution is -2.25. The maximum Gasteiger partial charge on any atom is 0.251 e. The van der Waals surface area contributed by atoms with Crippen molar-refractivity contribution >= 4 is 17.7 Å². The van der Waals surface area contributed by atoms with Crippen LogP contribution in [0.25, 0.3) is 5.69 Å². The minimum Gasteiger partial charge on any atom is -0.352 e. The average molecular weight is 287 g/mol. The fourth-order valence-corrected chi connectivity index (χ4v) is 2.62. The van der Waals surface area contributed by atoms with Crippen LogP contribution in [0.3, 0.4) is 0 Å². The maximum atomic E-state index is 12.1. The first kappa shape index (κ1) is 13.2. The van der Waals surface area contributed by atoms with E-state index in [4.69, 9.17) is 0 Å². The van der Waals surface area contributed by atoms with Gasteiger partial charge in [0.1, 0.15) is 0 Å². The molecule has 0 spiro atoms. The third-order valence-electron chi connectivity index (χ3n) is 3.42. The molecule has 5 heteroatoms. The van der Waals surface area contributed by atoms with Crippen molar-refractivity contribution in [1.82, 2.24) is 14.9 Å². The lowest BCUT2D eigenvalue weighted by atomic mass is 10.2. The molecule has 1 amide bonds. The number of carbonyl (C=O) groups is 1. The average Bonchev–Trinajstić information content (AvgIpc) is 3.19. The molecule has 3 rings (SSSR count). The largest absolute Gasteiger partial charge is 0.352 e. The van der Waals surface area contributed by atoms with E-state index >= 15 is 0 Å². The van der Waals surface area contributed by atoms with Gasteiger partial charge in [0.05, 0.1) is 0 Å². The molecule has 1 fully saturated rings. The van der Waals surface area contributed by atoms with Crippen LogP contribution in [0.5, 0.6) is 0 Å². The molecule has 4 nitrogen and oxygen atoms in total. The Morgan fingerprint density at radius 3 is 3.10 bits per heavy atom. The van der Waals surface area contributed by atoms with E-state index in [0.29, 0.717) is 11.5 Å². The summed E-state index contributed by atoms with van der Waals surface area (Å²) in [5.41, 5.74) is 1.66. The number of imidazole rings is 1. The molecular weight excluding hydrogens is 270 g/mol. The Bertz CT molecular complexity index is 619. The Kier molecular flexibility index (Phi) is 3.78. The summed E-state index contributed by atoms with van der Waals surface area (Å²) < 4.78 is 1.99. The zero-order valence-electron chi connectivity index (χ0n) is 11.4. The quantitative estimate of drug-likeness (QED) is 0.860. The van der Waals surface area contributed by atoms with E-state index in [-0.39, 0.29) is 5.91 Å². The van der Waals surface area contributed by atoms with Crippen LogP contribution in [0.15, 0.2) is 41.8 Å². The lowest BCUT2D eigenvalue weighted by molar-refractivity contribution is 0.0952. The molecule has 20 heavy (non-hydrogen) atoms. The Hall–Kier alpha value is -1.75. The van der Waals surface area contributed by atoms with Crippen LogP contribution < -0.4 is 5.32 Å². The molecule has 1 aliphatic carbocycles. The number of carbonyl (C=O) groups excluding carboxylic acids is 1. The Morgan fingerprint density at radius 1 is 1.50 bits per heavy atom. The first-order valence-electron chi connectivity index (χ1n) is 6.74. The highest BCUT2D eigenvalue weighted by molar-refractivity contribution is 7.98. The molecule has 0 atom stereocenters. The first-order valence-corrected chi connectivity index (χ1v) is 7.96. The number of hydrogen-bond donors (Lipinski definition) is 1. The smallest absolute Gasteiger partial charge is 0.251 e. The second-order valence-electron chi connectivity index (χ2n) is 4.99. The molecule has 1 aromatic heterocycles. The van der Waals surface area contributed by atoms with Gasteiger partial charge in [-0.3, -0.25) is 9.36 Å².